The highest BCUT2D eigenvalue weighted by molar-refractivity contribution is 9.11. The normalized spacial score (nSPS) is 18.6. The number of esters is 1. The number of halogens is 2. The molecule has 3 nitrogen and oxygen atoms in total. The Kier molecular flexibility index (Phi) is 8.46. The Morgan fingerprint density at radius 3 is 2.41 bits per heavy atom. The van der Waals surface area contributed by atoms with Crippen molar-refractivity contribution in [3.63, 3.8) is 0 Å². The van der Waals surface area contributed by atoms with E-state index in [1.807, 2.05) is 37.3 Å². The molecular weight excluding hydrogens is 471 g/mol. The number of hydrogen-bond donors (Lipinski definition) is 0. The second-order valence-electron chi connectivity index (χ2n) is 7.70. The molecule has 0 amide bonds. The van der Waals surface area contributed by atoms with Gasteiger partial charge in [0.1, 0.15) is 17.7 Å². The van der Waals surface area contributed by atoms with Crippen LogP contribution in [-0.4, -0.2) is 18.7 Å². The third-order valence-corrected chi connectivity index (χ3v) is 6.26. The van der Waals surface area contributed by atoms with Gasteiger partial charge in [-0.25, -0.2) is 4.39 Å². The molecule has 0 aliphatic heterocycles. The minimum absolute atomic E-state index is 0.0586. The molecule has 0 spiro atoms. The van der Waals surface area contributed by atoms with Crippen LogP contribution in [0.5, 0.6) is 5.75 Å². The number of hydrogen-bond acceptors (Lipinski definition) is 3. The molecule has 0 bridgehead atoms. The maximum atomic E-state index is 13.4. The smallest absolute Gasteiger partial charge is 0.306 e. The summed E-state index contributed by atoms with van der Waals surface area (Å²) in [4.78, 5) is 12.2. The Morgan fingerprint density at radius 1 is 1.19 bits per heavy atom. The Balaban J connectivity index is 1.75. The molecule has 1 aliphatic rings. The molecule has 0 aromatic heterocycles. The van der Waals surface area contributed by atoms with Crippen LogP contribution in [0, 0.1) is 5.82 Å². The van der Waals surface area contributed by atoms with Gasteiger partial charge in [0.25, 0.3) is 0 Å². The van der Waals surface area contributed by atoms with Crippen LogP contribution in [0.1, 0.15) is 50.2 Å². The van der Waals surface area contributed by atoms with Gasteiger partial charge in [0.05, 0.1) is 13.0 Å². The molecule has 32 heavy (non-hydrogen) atoms. The summed E-state index contributed by atoms with van der Waals surface area (Å²) >= 11 is 3.52. The summed E-state index contributed by atoms with van der Waals surface area (Å²) in [6, 6.07) is 14.0. The average molecular weight is 499 g/mol. The molecular formula is C27H28BrFO3. The van der Waals surface area contributed by atoms with E-state index in [2.05, 4.69) is 28.6 Å². The zero-order chi connectivity index (χ0) is 23.1. The van der Waals surface area contributed by atoms with E-state index in [9.17, 15) is 9.18 Å². The summed E-state index contributed by atoms with van der Waals surface area (Å²) in [5.74, 6) is -0.0619. The lowest BCUT2D eigenvalue weighted by atomic mass is 9.88. The van der Waals surface area contributed by atoms with Crippen LogP contribution in [0.4, 0.5) is 4.39 Å². The molecule has 1 aliphatic carbocycles. The number of ether oxygens (including phenoxy) is 2. The van der Waals surface area contributed by atoms with Gasteiger partial charge in [-0.3, -0.25) is 4.79 Å². The van der Waals surface area contributed by atoms with Gasteiger partial charge in [-0.1, -0.05) is 52.9 Å². The highest BCUT2D eigenvalue weighted by atomic mass is 79.9. The van der Waals surface area contributed by atoms with Crippen LogP contribution in [0.3, 0.4) is 0 Å². The van der Waals surface area contributed by atoms with Gasteiger partial charge < -0.3 is 9.47 Å². The first kappa shape index (κ1) is 24.0. The van der Waals surface area contributed by atoms with Crippen LogP contribution in [0.15, 0.2) is 82.9 Å². The maximum Gasteiger partial charge on any atom is 0.306 e. The van der Waals surface area contributed by atoms with Crippen molar-refractivity contribution >= 4 is 21.9 Å². The number of allylic oxidation sites excluding steroid dienone is 3. The summed E-state index contributed by atoms with van der Waals surface area (Å²) in [6.45, 7) is 8.31. The molecule has 168 valence electrons. The third kappa shape index (κ3) is 6.19. The quantitative estimate of drug-likeness (QED) is 0.360. The first-order valence-electron chi connectivity index (χ1n) is 10.8. The van der Waals surface area contributed by atoms with Gasteiger partial charge in [0, 0.05) is 10.4 Å². The molecule has 2 unspecified atom stereocenters. The van der Waals surface area contributed by atoms with Crippen LogP contribution in [0.2, 0.25) is 0 Å². The summed E-state index contributed by atoms with van der Waals surface area (Å²) in [5.41, 5.74) is 4.00. The first-order valence-corrected chi connectivity index (χ1v) is 11.6. The van der Waals surface area contributed by atoms with Crippen LogP contribution < -0.4 is 4.74 Å². The van der Waals surface area contributed by atoms with Gasteiger partial charge in [-0.15, -0.1) is 0 Å². The number of rotatable bonds is 8. The van der Waals surface area contributed by atoms with Crippen molar-refractivity contribution in [2.24, 2.45) is 0 Å². The lowest BCUT2D eigenvalue weighted by Crippen LogP contribution is -2.14. The second-order valence-corrected chi connectivity index (χ2v) is 8.61. The highest BCUT2D eigenvalue weighted by Gasteiger charge is 2.26. The highest BCUT2D eigenvalue weighted by Crippen LogP contribution is 2.35. The van der Waals surface area contributed by atoms with Gasteiger partial charge in [0.15, 0.2) is 0 Å². The Bertz CT molecular complexity index is 1010. The standard InChI is InChI=1S/C27H28BrFO3/c1-4-22(28)16-21-10-15-26(18(21)3)32-24-13-8-20(9-14-24)25(17-27(30)31-5-2)19-6-11-23(29)12-7-19/h4,6-9,11-14,16,25-26H,3,5,10,15,17H2,1-2H3/b21-16-,22-4+. The summed E-state index contributed by atoms with van der Waals surface area (Å²) in [7, 11) is 0. The molecule has 2 aromatic rings. The molecule has 0 saturated heterocycles. The van der Waals surface area contributed by atoms with E-state index in [0.717, 1.165) is 39.8 Å². The number of carbonyl (C=O) groups is 1. The SMILES string of the molecule is C=C1/C(=C\C(Br)=C/C)CCC1Oc1ccc(C(CC(=O)OCC)c2ccc(F)cc2)cc1. The molecule has 0 radical (unpaired) electrons. The molecule has 1 fully saturated rings. The van der Waals surface area contributed by atoms with E-state index < -0.39 is 0 Å². The lowest BCUT2D eigenvalue weighted by Gasteiger charge is -2.19. The van der Waals surface area contributed by atoms with E-state index in [4.69, 9.17) is 9.47 Å². The predicted octanol–water partition coefficient (Wildman–Crippen LogP) is 7.23. The van der Waals surface area contributed by atoms with Gasteiger partial charge in [-0.05, 0) is 79.3 Å². The minimum Gasteiger partial charge on any atom is -0.486 e. The van der Waals surface area contributed by atoms with E-state index in [0.29, 0.717) is 6.61 Å². The van der Waals surface area contributed by atoms with E-state index in [1.54, 1.807) is 19.1 Å². The fraction of sp³-hybridized carbons (Fsp3) is 0.296. The largest absolute Gasteiger partial charge is 0.486 e. The van der Waals surface area contributed by atoms with E-state index in [-0.39, 0.29) is 30.2 Å². The van der Waals surface area contributed by atoms with Crippen molar-refractivity contribution in [3.8, 4) is 5.75 Å². The molecule has 2 aromatic carbocycles. The second kappa shape index (κ2) is 11.3. The fourth-order valence-corrected chi connectivity index (χ4v) is 4.10. The van der Waals surface area contributed by atoms with Crippen LogP contribution >= 0.6 is 15.9 Å². The molecule has 3 rings (SSSR count). The molecule has 0 N–H and O–H groups in total. The van der Waals surface area contributed by atoms with Crippen molar-refractivity contribution in [2.75, 3.05) is 6.61 Å². The van der Waals surface area contributed by atoms with Crippen molar-refractivity contribution < 1.29 is 18.7 Å². The lowest BCUT2D eigenvalue weighted by molar-refractivity contribution is -0.143. The number of carbonyl (C=O) groups excluding carboxylic acids is 1. The molecule has 0 heterocycles. The molecule has 1 saturated carbocycles. The van der Waals surface area contributed by atoms with E-state index >= 15 is 0 Å². The van der Waals surface area contributed by atoms with Crippen molar-refractivity contribution in [1.29, 1.82) is 0 Å². The van der Waals surface area contributed by atoms with Gasteiger partial charge >= 0.3 is 5.97 Å². The van der Waals surface area contributed by atoms with Crippen LogP contribution in [0.25, 0.3) is 0 Å². The molecule has 5 heteroatoms. The van der Waals surface area contributed by atoms with Gasteiger partial charge in [0.2, 0.25) is 0 Å². The van der Waals surface area contributed by atoms with Crippen molar-refractivity contribution in [3.05, 3.63) is 99.8 Å². The number of benzene rings is 2. The Hall–Kier alpha value is -2.66. The van der Waals surface area contributed by atoms with Crippen molar-refractivity contribution in [1.82, 2.24) is 0 Å². The fourth-order valence-electron chi connectivity index (χ4n) is 3.83. The van der Waals surface area contributed by atoms with Crippen molar-refractivity contribution in [2.45, 2.75) is 45.1 Å². The van der Waals surface area contributed by atoms with Crippen LogP contribution in [-0.2, 0) is 9.53 Å². The maximum absolute atomic E-state index is 13.4. The minimum atomic E-state index is -0.306. The zero-order valence-electron chi connectivity index (χ0n) is 18.4. The summed E-state index contributed by atoms with van der Waals surface area (Å²) in [6.07, 6.45) is 6.04. The Morgan fingerprint density at radius 2 is 1.81 bits per heavy atom. The topological polar surface area (TPSA) is 35.5 Å². The predicted molar refractivity (Wildman–Crippen MR) is 129 cm³/mol. The summed E-state index contributed by atoms with van der Waals surface area (Å²) in [5, 5.41) is 0. The van der Waals surface area contributed by atoms with E-state index in [1.165, 1.54) is 17.7 Å². The molecule has 2 atom stereocenters. The van der Waals surface area contributed by atoms with Gasteiger partial charge in [-0.2, -0.15) is 0 Å². The monoisotopic (exact) mass is 498 g/mol. The Labute approximate surface area is 197 Å². The third-order valence-electron chi connectivity index (χ3n) is 5.57. The average Bonchev–Trinajstić information content (AvgIpc) is 3.12. The zero-order valence-corrected chi connectivity index (χ0v) is 20.0. The summed E-state index contributed by atoms with van der Waals surface area (Å²) < 4.78 is 25.8. The first-order chi connectivity index (χ1) is 15.4.